The molecule has 1 amide bonds. The van der Waals surface area contributed by atoms with Crippen molar-refractivity contribution < 1.29 is 9.53 Å². The first-order valence-electron chi connectivity index (χ1n) is 7.49. The molecule has 0 saturated carbocycles. The van der Waals surface area contributed by atoms with E-state index in [2.05, 4.69) is 5.32 Å². The fourth-order valence-electron chi connectivity index (χ4n) is 2.87. The lowest BCUT2D eigenvalue weighted by Crippen LogP contribution is -2.41. The number of rotatable bonds is 2. The standard InChI is InChI=1S/C18H19ClN2O2.ClH/c1-18(2)10-15(14-9-13(20)6-7-16(14)23-18)21-17(22)11-4-3-5-12(19)8-11;/h3-9,15H,10,20H2,1-2H3,(H,21,22);1H. The van der Waals surface area contributed by atoms with Crippen LogP contribution in [0.2, 0.25) is 5.02 Å². The number of nitrogen functional groups attached to an aromatic ring is 1. The van der Waals surface area contributed by atoms with Gasteiger partial charge >= 0.3 is 0 Å². The number of hydrogen-bond acceptors (Lipinski definition) is 3. The van der Waals surface area contributed by atoms with E-state index in [1.165, 1.54) is 0 Å². The summed E-state index contributed by atoms with van der Waals surface area (Å²) in [6.45, 7) is 4.01. The van der Waals surface area contributed by atoms with Crippen LogP contribution >= 0.6 is 24.0 Å². The van der Waals surface area contributed by atoms with Crippen molar-refractivity contribution in [3.63, 3.8) is 0 Å². The van der Waals surface area contributed by atoms with E-state index in [9.17, 15) is 4.79 Å². The van der Waals surface area contributed by atoms with Gasteiger partial charge in [-0.1, -0.05) is 17.7 Å². The highest BCUT2D eigenvalue weighted by Gasteiger charge is 2.34. The smallest absolute Gasteiger partial charge is 0.251 e. The van der Waals surface area contributed by atoms with Crippen molar-refractivity contribution in [1.29, 1.82) is 0 Å². The van der Waals surface area contributed by atoms with E-state index in [4.69, 9.17) is 22.1 Å². The normalized spacial score (nSPS) is 17.9. The predicted molar refractivity (Wildman–Crippen MR) is 99.1 cm³/mol. The van der Waals surface area contributed by atoms with Crippen molar-refractivity contribution in [3.05, 3.63) is 58.6 Å². The summed E-state index contributed by atoms with van der Waals surface area (Å²) in [5, 5.41) is 3.60. The molecule has 2 aromatic rings. The van der Waals surface area contributed by atoms with Crippen molar-refractivity contribution >= 4 is 35.6 Å². The van der Waals surface area contributed by atoms with Gasteiger partial charge in [-0.2, -0.15) is 0 Å². The highest BCUT2D eigenvalue weighted by atomic mass is 35.5. The summed E-state index contributed by atoms with van der Waals surface area (Å²) in [4.78, 5) is 12.5. The molecule has 128 valence electrons. The molecule has 0 bridgehead atoms. The lowest BCUT2D eigenvalue weighted by molar-refractivity contribution is 0.0620. The Balaban J connectivity index is 0.00000208. The molecule has 24 heavy (non-hydrogen) atoms. The lowest BCUT2D eigenvalue weighted by atomic mass is 9.89. The molecular weight excluding hydrogens is 347 g/mol. The third-order valence-corrected chi connectivity index (χ3v) is 4.12. The molecule has 0 fully saturated rings. The molecule has 3 N–H and O–H groups in total. The molecule has 1 heterocycles. The minimum absolute atomic E-state index is 0. The van der Waals surface area contributed by atoms with E-state index in [-0.39, 0.29) is 30.0 Å². The van der Waals surface area contributed by atoms with Gasteiger partial charge in [0, 0.05) is 28.3 Å². The van der Waals surface area contributed by atoms with Gasteiger partial charge in [0.15, 0.2) is 0 Å². The molecule has 6 heteroatoms. The minimum Gasteiger partial charge on any atom is -0.487 e. The molecule has 0 aliphatic carbocycles. The van der Waals surface area contributed by atoms with Crippen molar-refractivity contribution in [2.75, 3.05) is 5.73 Å². The quantitative estimate of drug-likeness (QED) is 0.775. The number of benzene rings is 2. The second-order valence-corrected chi connectivity index (χ2v) is 6.84. The Morgan fingerprint density at radius 3 is 2.75 bits per heavy atom. The Hall–Kier alpha value is -1.91. The minimum atomic E-state index is -0.366. The SMILES string of the molecule is CC1(C)CC(NC(=O)c2cccc(Cl)c2)c2cc(N)ccc2O1.Cl. The number of carbonyl (C=O) groups is 1. The third-order valence-electron chi connectivity index (χ3n) is 3.88. The molecule has 1 aliphatic heterocycles. The number of nitrogens with two attached hydrogens (primary N) is 1. The van der Waals surface area contributed by atoms with E-state index >= 15 is 0 Å². The van der Waals surface area contributed by atoms with Crippen LogP contribution in [0.5, 0.6) is 5.75 Å². The highest BCUT2D eigenvalue weighted by molar-refractivity contribution is 6.30. The van der Waals surface area contributed by atoms with Gasteiger partial charge in [-0.3, -0.25) is 4.79 Å². The largest absolute Gasteiger partial charge is 0.487 e. The van der Waals surface area contributed by atoms with E-state index in [0.717, 1.165) is 11.3 Å². The summed E-state index contributed by atoms with van der Waals surface area (Å²) in [5.41, 5.74) is 7.61. The summed E-state index contributed by atoms with van der Waals surface area (Å²) in [6.07, 6.45) is 0.662. The van der Waals surface area contributed by atoms with Crippen molar-refractivity contribution in [3.8, 4) is 5.75 Å². The van der Waals surface area contributed by atoms with Crippen LogP contribution in [0.3, 0.4) is 0 Å². The molecule has 0 radical (unpaired) electrons. The van der Waals surface area contributed by atoms with Gasteiger partial charge in [0.25, 0.3) is 5.91 Å². The Labute approximate surface area is 152 Å². The van der Waals surface area contributed by atoms with Crippen LogP contribution < -0.4 is 15.8 Å². The predicted octanol–water partition coefficient (Wildman–Crippen LogP) is 4.38. The number of halogens is 2. The van der Waals surface area contributed by atoms with Gasteiger partial charge in [-0.15, -0.1) is 12.4 Å². The Bertz CT molecular complexity index is 762. The molecule has 0 saturated heterocycles. The summed E-state index contributed by atoms with van der Waals surface area (Å²) >= 11 is 5.96. The average Bonchev–Trinajstić information content (AvgIpc) is 2.47. The maximum Gasteiger partial charge on any atom is 0.251 e. The zero-order chi connectivity index (χ0) is 16.6. The number of ether oxygens (including phenoxy) is 1. The van der Waals surface area contributed by atoms with Crippen LogP contribution in [-0.2, 0) is 0 Å². The summed E-state index contributed by atoms with van der Waals surface area (Å²) in [7, 11) is 0. The molecule has 1 aliphatic rings. The fraction of sp³-hybridized carbons (Fsp3) is 0.278. The van der Waals surface area contributed by atoms with Crippen LogP contribution in [-0.4, -0.2) is 11.5 Å². The number of fused-ring (bicyclic) bond motifs is 1. The van der Waals surface area contributed by atoms with Crippen molar-refractivity contribution in [1.82, 2.24) is 5.32 Å². The van der Waals surface area contributed by atoms with Crippen molar-refractivity contribution in [2.24, 2.45) is 0 Å². The van der Waals surface area contributed by atoms with Gasteiger partial charge in [-0.25, -0.2) is 0 Å². The first-order chi connectivity index (χ1) is 10.8. The van der Waals surface area contributed by atoms with Gasteiger partial charge in [0.2, 0.25) is 0 Å². The number of hydrogen-bond donors (Lipinski definition) is 2. The number of anilines is 1. The van der Waals surface area contributed by atoms with E-state index in [1.807, 2.05) is 26.0 Å². The second-order valence-electron chi connectivity index (χ2n) is 6.40. The fourth-order valence-corrected chi connectivity index (χ4v) is 3.06. The van der Waals surface area contributed by atoms with Gasteiger partial charge < -0.3 is 15.8 Å². The van der Waals surface area contributed by atoms with E-state index < -0.39 is 0 Å². The number of amides is 1. The van der Waals surface area contributed by atoms with Crippen LogP contribution in [0.1, 0.15) is 42.2 Å². The summed E-state index contributed by atoms with van der Waals surface area (Å²) < 4.78 is 5.98. The molecule has 0 spiro atoms. The number of carbonyl (C=O) groups excluding carboxylic acids is 1. The first-order valence-corrected chi connectivity index (χ1v) is 7.87. The summed E-state index contributed by atoms with van der Waals surface area (Å²) in [6, 6.07) is 12.2. The van der Waals surface area contributed by atoms with Gasteiger partial charge in [0.05, 0.1) is 6.04 Å². The highest BCUT2D eigenvalue weighted by Crippen LogP contribution is 2.40. The maximum atomic E-state index is 12.5. The van der Waals surface area contributed by atoms with Crippen LogP contribution in [0.4, 0.5) is 5.69 Å². The van der Waals surface area contributed by atoms with E-state index in [1.54, 1.807) is 30.3 Å². The van der Waals surface area contributed by atoms with Gasteiger partial charge in [-0.05, 0) is 50.2 Å². The molecule has 1 atom stereocenters. The third kappa shape index (κ3) is 3.94. The second kappa shape index (κ2) is 6.91. The van der Waals surface area contributed by atoms with Crippen LogP contribution in [0.25, 0.3) is 0 Å². The first kappa shape index (κ1) is 18.4. The zero-order valence-electron chi connectivity index (χ0n) is 13.5. The monoisotopic (exact) mass is 366 g/mol. The molecule has 2 aromatic carbocycles. The van der Waals surface area contributed by atoms with Crippen molar-refractivity contribution in [2.45, 2.75) is 31.9 Å². The molecule has 0 aromatic heterocycles. The topological polar surface area (TPSA) is 64.4 Å². The van der Waals surface area contributed by atoms with Crippen LogP contribution in [0, 0.1) is 0 Å². The maximum absolute atomic E-state index is 12.5. The molecule has 4 nitrogen and oxygen atoms in total. The Morgan fingerprint density at radius 1 is 1.29 bits per heavy atom. The van der Waals surface area contributed by atoms with E-state index in [0.29, 0.717) is 22.7 Å². The van der Waals surface area contributed by atoms with Gasteiger partial charge in [0.1, 0.15) is 11.4 Å². The van der Waals surface area contributed by atoms with Crippen LogP contribution in [0.15, 0.2) is 42.5 Å². The zero-order valence-corrected chi connectivity index (χ0v) is 15.1. The molecule has 3 rings (SSSR count). The average molecular weight is 367 g/mol. The Kier molecular flexibility index (Phi) is 5.31. The summed E-state index contributed by atoms with van der Waals surface area (Å²) in [5.74, 6) is 0.593. The molecular formula is C18H20Cl2N2O2. The Morgan fingerprint density at radius 2 is 2.04 bits per heavy atom. The number of nitrogens with one attached hydrogen (secondary N) is 1. The molecule has 1 unspecified atom stereocenters. The lowest BCUT2D eigenvalue weighted by Gasteiger charge is -2.38.